The summed E-state index contributed by atoms with van der Waals surface area (Å²) < 4.78 is 6.42. The Morgan fingerprint density at radius 3 is 2.92 bits per heavy atom. The van der Waals surface area contributed by atoms with Crippen LogP contribution in [0.25, 0.3) is 22.7 Å². The second-order valence-corrected chi connectivity index (χ2v) is 5.86. The summed E-state index contributed by atoms with van der Waals surface area (Å²) in [7, 11) is 0. The highest BCUT2D eigenvalue weighted by Crippen LogP contribution is 2.27. The van der Waals surface area contributed by atoms with E-state index in [1.54, 1.807) is 12.1 Å². The molecule has 0 radical (unpaired) electrons. The molecular weight excluding hydrogens is 366 g/mol. The predicted octanol–water partition coefficient (Wildman–Crippen LogP) is 4.40. The summed E-state index contributed by atoms with van der Waals surface area (Å²) in [6.45, 7) is 0.162. The summed E-state index contributed by atoms with van der Waals surface area (Å²) in [5.41, 5.74) is 2.85. The standard InChI is InChI=1S/C19H12BrN3O/c1-2-9-24-18-8-7-15(20)11-13(18)10-14(12-21)19-22-16-5-3-4-6-17(16)23-19/h1,3-8,10-11H,9H2,(H,22,23). The van der Waals surface area contributed by atoms with Crippen molar-refractivity contribution >= 4 is 38.6 Å². The number of ether oxygens (including phenoxy) is 1. The van der Waals surface area contributed by atoms with Crippen LogP contribution in [0.2, 0.25) is 0 Å². The fourth-order valence-corrected chi connectivity index (χ4v) is 2.65. The van der Waals surface area contributed by atoms with Gasteiger partial charge < -0.3 is 9.72 Å². The fourth-order valence-electron chi connectivity index (χ4n) is 2.27. The van der Waals surface area contributed by atoms with Gasteiger partial charge in [0.1, 0.15) is 24.3 Å². The Balaban J connectivity index is 2.06. The minimum absolute atomic E-state index is 0.162. The number of para-hydroxylation sites is 2. The maximum atomic E-state index is 9.54. The summed E-state index contributed by atoms with van der Waals surface area (Å²) in [4.78, 5) is 7.62. The van der Waals surface area contributed by atoms with Crippen LogP contribution >= 0.6 is 15.9 Å². The number of hydrogen-bond acceptors (Lipinski definition) is 3. The molecule has 3 aromatic rings. The maximum absolute atomic E-state index is 9.54. The minimum Gasteiger partial charge on any atom is -0.480 e. The van der Waals surface area contributed by atoms with Crippen LogP contribution in [0.5, 0.6) is 5.75 Å². The number of allylic oxidation sites excluding steroid dienone is 1. The molecule has 2 aromatic carbocycles. The molecule has 116 valence electrons. The summed E-state index contributed by atoms with van der Waals surface area (Å²) in [5.74, 6) is 3.56. The van der Waals surface area contributed by atoms with E-state index in [9.17, 15) is 5.26 Å². The molecule has 0 aliphatic carbocycles. The Hall–Kier alpha value is -3.02. The second kappa shape index (κ2) is 7.04. The van der Waals surface area contributed by atoms with Gasteiger partial charge in [0.05, 0.1) is 16.6 Å². The van der Waals surface area contributed by atoms with E-state index in [1.165, 1.54) is 0 Å². The van der Waals surface area contributed by atoms with Crippen LogP contribution in [-0.4, -0.2) is 16.6 Å². The van der Waals surface area contributed by atoms with Crippen molar-refractivity contribution in [2.45, 2.75) is 0 Å². The monoisotopic (exact) mass is 377 g/mol. The van der Waals surface area contributed by atoms with Gasteiger partial charge in [-0.1, -0.05) is 34.0 Å². The number of rotatable bonds is 4. The summed E-state index contributed by atoms with van der Waals surface area (Å²) >= 11 is 3.43. The molecule has 1 aromatic heterocycles. The van der Waals surface area contributed by atoms with Crippen LogP contribution in [-0.2, 0) is 0 Å². The number of aromatic nitrogens is 2. The highest BCUT2D eigenvalue weighted by atomic mass is 79.9. The van der Waals surface area contributed by atoms with Crippen LogP contribution in [0.3, 0.4) is 0 Å². The molecule has 0 saturated heterocycles. The largest absolute Gasteiger partial charge is 0.480 e. The molecule has 0 atom stereocenters. The molecule has 0 aliphatic rings. The molecule has 24 heavy (non-hydrogen) atoms. The van der Waals surface area contributed by atoms with Gasteiger partial charge in [0.2, 0.25) is 0 Å². The predicted molar refractivity (Wildman–Crippen MR) is 98.0 cm³/mol. The number of nitriles is 1. The molecule has 0 aliphatic heterocycles. The first-order valence-corrected chi connectivity index (χ1v) is 7.93. The number of hydrogen-bond donors (Lipinski definition) is 1. The number of nitrogens with zero attached hydrogens (tertiary/aromatic N) is 2. The zero-order chi connectivity index (χ0) is 16.9. The smallest absolute Gasteiger partial charge is 0.149 e. The molecule has 5 heteroatoms. The SMILES string of the molecule is C#CCOc1ccc(Br)cc1C=C(C#N)c1nc2ccccc2[nH]1. The molecule has 1 heterocycles. The highest BCUT2D eigenvalue weighted by Gasteiger charge is 2.10. The van der Waals surface area contributed by atoms with Gasteiger partial charge in [0.25, 0.3) is 0 Å². The highest BCUT2D eigenvalue weighted by molar-refractivity contribution is 9.10. The number of imidazole rings is 1. The van der Waals surface area contributed by atoms with Crippen molar-refractivity contribution in [1.29, 1.82) is 5.26 Å². The van der Waals surface area contributed by atoms with Gasteiger partial charge in [-0.2, -0.15) is 5.26 Å². The lowest BCUT2D eigenvalue weighted by Crippen LogP contribution is -1.96. The van der Waals surface area contributed by atoms with Gasteiger partial charge in [-0.05, 0) is 36.4 Å². The molecule has 0 bridgehead atoms. The number of benzene rings is 2. The van der Waals surface area contributed by atoms with Crippen LogP contribution in [0.4, 0.5) is 0 Å². The Morgan fingerprint density at radius 2 is 2.17 bits per heavy atom. The number of terminal acetylenes is 1. The third kappa shape index (κ3) is 3.32. The first-order chi connectivity index (χ1) is 11.7. The molecule has 0 unspecified atom stereocenters. The first kappa shape index (κ1) is 15.9. The Kier molecular flexibility index (Phi) is 4.65. The van der Waals surface area contributed by atoms with Crippen molar-refractivity contribution in [3.8, 4) is 24.2 Å². The summed E-state index contributed by atoms with van der Waals surface area (Å²) in [5, 5.41) is 9.54. The average Bonchev–Trinajstić information content (AvgIpc) is 3.02. The lowest BCUT2D eigenvalue weighted by atomic mass is 10.1. The van der Waals surface area contributed by atoms with Crippen molar-refractivity contribution in [3.05, 3.63) is 58.3 Å². The zero-order valence-corrected chi connectivity index (χ0v) is 14.2. The summed E-state index contributed by atoms with van der Waals surface area (Å²) in [6.07, 6.45) is 6.98. The van der Waals surface area contributed by atoms with E-state index < -0.39 is 0 Å². The second-order valence-electron chi connectivity index (χ2n) is 4.95. The van der Waals surface area contributed by atoms with Crippen molar-refractivity contribution in [2.24, 2.45) is 0 Å². The van der Waals surface area contributed by atoms with Crippen LogP contribution in [0.15, 0.2) is 46.9 Å². The Bertz CT molecular complexity index is 972. The molecule has 1 N–H and O–H groups in total. The first-order valence-electron chi connectivity index (χ1n) is 7.14. The minimum atomic E-state index is 0.162. The van der Waals surface area contributed by atoms with E-state index >= 15 is 0 Å². The van der Waals surface area contributed by atoms with Gasteiger partial charge in [0, 0.05) is 10.0 Å². The van der Waals surface area contributed by atoms with E-state index in [2.05, 4.69) is 37.9 Å². The molecule has 0 spiro atoms. The zero-order valence-electron chi connectivity index (χ0n) is 12.6. The van der Waals surface area contributed by atoms with Gasteiger partial charge >= 0.3 is 0 Å². The molecule has 4 nitrogen and oxygen atoms in total. The van der Waals surface area contributed by atoms with E-state index in [-0.39, 0.29) is 6.61 Å². The van der Waals surface area contributed by atoms with Crippen molar-refractivity contribution < 1.29 is 4.74 Å². The third-order valence-electron chi connectivity index (χ3n) is 3.35. The van der Waals surface area contributed by atoms with Crippen LogP contribution < -0.4 is 4.74 Å². The number of fused-ring (bicyclic) bond motifs is 1. The number of nitrogens with one attached hydrogen (secondary N) is 1. The molecular formula is C19H12BrN3O. The molecule has 0 amide bonds. The normalized spacial score (nSPS) is 11.0. The van der Waals surface area contributed by atoms with Crippen molar-refractivity contribution in [1.82, 2.24) is 9.97 Å². The van der Waals surface area contributed by atoms with E-state index in [0.717, 1.165) is 21.1 Å². The molecule has 0 fully saturated rings. The number of H-pyrrole nitrogens is 1. The maximum Gasteiger partial charge on any atom is 0.149 e. The number of aromatic amines is 1. The van der Waals surface area contributed by atoms with Crippen LogP contribution in [0, 0.1) is 23.7 Å². The quantitative estimate of drug-likeness (QED) is 0.541. The van der Waals surface area contributed by atoms with Gasteiger partial charge in [0.15, 0.2) is 0 Å². The molecule has 3 rings (SSSR count). The van der Waals surface area contributed by atoms with Crippen LogP contribution in [0.1, 0.15) is 11.4 Å². The summed E-state index contributed by atoms with van der Waals surface area (Å²) in [6, 6.07) is 15.4. The number of halogens is 1. The van der Waals surface area contributed by atoms with Gasteiger partial charge in [-0.25, -0.2) is 4.98 Å². The van der Waals surface area contributed by atoms with E-state index in [0.29, 0.717) is 17.1 Å². The fraction of sp³-hybridized carbons (Fsp3) is 0.0526. The molecule has 0 saturated carbocycles. The van der Waals surface area contributed by atoms with E-state index in [1.807, 2.05) is 36.4 Å². The lowest BCUT2D eigenvalue weighted by Gasteiger charge is -2.07. The van der Waals surface area contributed by atoms with Crippen molar-refractivity contribution in [3.63, 3.8) is 0 Å². The average molecular weight is 378 g/mol. The Morgan fingerprint density at radius 1 is 1.33 bits per heavy atom. The Labute approximate surface area is 147 Å². The van der Waals surface area contributed by atoms with E-state index in [4.69, 9.17) is 11.2 Å². The topological polar surface area (TPSA) is 61.7 Å². The van der Waals surface area contributed by atoms with Gasteiger partial charge in [-0.15, -0.1) is 6.42 Å². The lowest BCUT2D eigenvalue weighted by molar-refractivity contribution is 0.369. The third-order valence-corrected chi connectivity index (χ3v) is 3.84. The van der Waals surface area contributed by atoms with Gasteiger partial charge in [-0.3, -0.25) is 0 Å². The van der Waals surface area contributed by atoms with Crippen molar-refractivity contribution in [2.75, 3.05) is 6.61 Å².